The number of halogens is 3. The summed E-state index contributed by atoms with van der Waals surface area (Å²) < 4.78 is 39.7. The second-order valence-corrected chi connectivity index (χ2v) is 6.92. The van der Waals surface area contributed by atoms with Crippen LogP contribution in [0.3, 0.4) is 0 Å². The van der Waals surface area contributed by atoms with Crippen LogP contribution in [0.2, 0.25) is 0 Å². The van der Waals surface area contributed by atoms with E-state index in [4.69, 9.17) is 0 Å². The summed E-state index contributed by atoms with van der Waals surface area (Å²) in [6, 6.07) is 13.4. The van der Waals surface area contributed by atoms with Gasteiger partial charge in [-0.05, 0) is 48.9 Å². The third-order valence-corrected chi connectivity index (χ3v) is 5.22. The van der Waals surface area contributed by atoms with E-state index < -0.39 is 11.7 Å². The van der Waals surface area contributed by atoms with Crippen LogP contribution < -0.4 is 4.90 Å². The number of hydrogen-bond donors (Lipinski definition) is 0. The van der Waals surface area contributed by atoms with Gasteiger partial charge >= 0.3 is 6.18 Å². The number of amides is 1. The van der Waals surface area contributed by atoms with Gasteiger partial charge in [-0.1, -0.05) is 36.4 Å². The molecule has 2 aromatic carbocycles. The fourth-order valence-corrected chi connectivity index (χ4v) is 3.97. The van der Waals surface area contributed by atoms with E-state index in [2.05, 4.69) is 0 Å². The second-order valence-electron chi connectivity index (χ2n) is 6.92. The lowest BCUT2D eigenvalue weighted by Crippen LogP contribution is -2.37. The molecule has 1 amide bonds. The van der Waals surface area contributed by atoms with Crippen molar-refractivity contribution >= 4 is 11.6 Å². The maximum absolute atomic E-state index is 13.2. The number of carbonyl (C=O) groups is 1. The van der Waals surface area contributed by atoms with E-state index in [-0.39, 0.29) is 29.3 Å². The monoisotopic (exact) mass is 345 g/mol. The lowest BCUT2D eigenvalue weighted by atomic mass is 10.0. The summed E-state index contributed by atoms with van der Waals surface area (Å²) in [7, 11) is 0. The third-order valence-electron chi connectivity index (χ3n) is 5.22. The van der Waals surface area contributed by atoms with Crippen LogP contribution in [-0.4, -0.2) is 11.9 Å². The first kappa shape index (κ1) is 16.2. The zero-order valence-electron chi connectivity index (χ0n) is 13.8. The van der Waals surface area contributed by atoms with Gasteiger partial charge in [-0.15, -0.1) is 0 Å². The number of nitrogens with zero attached hydrogens (tertiary/aromatic N) is 1. The molecular weight excluding hydrogens is 327 g/mol. The summed E-state index contributed by atoms with van der Waals surface area (Å²) in [5, 5.41) is 0. The Morgan fingerprint density at radius 3 is 2.52 bits per heavy atom. The second kappa shape index (κ2) is 5.61. The number of rotatable bonds is 2. The summed E-state index contributed by atoms with van der Waals surface area (Å²) in [6.45, 7) is 1.99. The molecule has 25 heavy (non-hydrogen) atoms. The molecule has 0 spiro atoms. The van der Waals surface area contributed by atoms with Gasteiger partial charge in [0.2, 0.25) is 5.91 Å². The molecule has 2 aliphatic rings. The summed E-state index contributed by atoms with van der Waals surface area (Å²) in [4.78, 5) is 14.7. The van der Waals surface area contributed by atoms with Crippen molar-refractivity contribution < 1.29 is 18.0 Å². The Labute approximate surface area is 144 Å². The molecule has 2 nitrogen and oxygen atoms in total. The van der Waals surface area contributed by atoms with E-state index >= 15 is 0 Å². The van der Waals surface area contributed by atoms with Crippen molar-refractivity contribution in [3.63, 3.8) is 0 Å². The maximum Gasteiger partial charge on any atom is 0.416 e. The highest BCUT2D eigenvalue weighted by Gasteiger charge is 2.50. The summed E-state index contributed by atoms with van der Waals surface area (Å²) in [5.41, 5.74) is 1.64. The van der Waals surface area contributed by atoms with Crippen molar-refractivity contribution in [1.29, 1.82) is 0 Å². The molecule has 130 valence electrons. The first-order valence-electron chi connectivity index (χ1n) is 8.45. The molecule has 3 unspecified atom stereocenters. The van der Waals surface area contributed by atoms with Crippen molar-refractivity contribution in [3.8, 4) is 0 Å². The van der Waals surface area contributed by atoms with Crippen molar-refractivity contribution in [2.45, 2.75) is 37.9 Å². The topological polar surface area (TPSA) is 20.3 Å². The smallest absolute Gasteiger partial charge is 0.309 e. The van der Waals surface area contributed by atoms with Gasteiger partial charge in [0, 0.05) is 17.6 Å². The Morgan fingerprint density at radius 1 is 1.08 bits per heavy atom. The number of fused-ring (bicyclic) bond motifs is 1. The fraction of sp³-hybridized carbons (Fsp3) is 0.350. The van der Waals surface area contributed by atoms with E-state index in [1.54, 1.807) is 11.0 Å². The molecule has 1 heterocycles. The zero-order valence-corrected chi connectivity index (χ0v) is 13.8. The van der Waals surface area contributed by atoms with Gasteiger partial charge in [0.1, 0.15) is 0 Å². The molecule has 3 atom stereocenters. The molecule has 0 bridgehead atoms. The molecule has 0 radical (unpaired) electrons. The van der Waals surface area contributed by atoms with Crippen LogP contribution in [-0.2, 0) is 17.4 Å². The molecule has 0 aromatic heterocycles. The molecule has 1 aliphatic carbocycles. The standard InChI is InChI=1S/C20H18F3NO/c1-12-10-13-6-2-5-9-18(13)24(12)19(25)16-11-15(16)14-7-3-4-8-17(14)20(21,22)23/h2-9,12,15-16H,10-11H2,1H3. The predicted molar refractivity (Wildman–Crippen MR) is 89.4 cm³/mol. The van der Waals surface area contributed by atoms with E-state index in [9.17, 15) is 18.0 Å². The van der Waals surface area contributed by atoms with Gasteiger partial charge < -0.3 is 4.90 Å². The number of anilines is 1. The minimum atomic E-state index is -4.39. The zero-order chi connectivity index (χ0) is 17.8. The van der Waals surface area contributed by atoms with E-state index in [0.29, 0.717) is 6.42 Å². The molecule has 0 N–H and O–H groups in total. The van der Waals surface area contributed by atoms with E-state index in [1.165, 1.54) is 12.1 Å². The predicted octanol–water partition coefficient (Wildman–Crippen LogP) is 4.79. The van der Waals surface area contributed by atoms with Crippen LogP contribution in [0.5, 0.6) is 0 Å². The normalized spacial score (nSPS) is 25.0. The van der Waals surface area contributed by atoms with E-state index in [1.807, 2.05) is 31.2 Å². The van der Waals surface area contributed by atoms with Crippen LogP contribution in [0.15, 0.2) is 48.5 Å². The highest BCUT2D eigenvalue weighted by molar-refractivity contribution is 5.99. The highest BCUT2D eigenvalue weighted by atomic mass is 19.4. The Balaban J connectivity index is 1.60. The number of para-hydroxylation sites is 1. The quantitative estimate of drug-likeness (QED) is 0.767. The Hall–Kier alpha value is -2.30. The van der Waals surface area contributed by atoms with Gasteiger partial charge in [0.15, 0.2) is 0 Å². The Kier molecular flexibility index (Phi) is 3.63. The van der Waals surface area contributed by atoms with Crippen LogP contribution in [0.4, 0.5) is 18.9 Å². The maximum atomic E-state index is 13.2. The average molecular weight is 345 g/mol. The third kappa shape index (κ3) is 2.71. The molecule has 2 aromatic rings. The minimum absolute atomic E-state index is 0.0454. The van der Waals surface area contributed by atoms with Crippen LogP contribution >= 0.6 is 0 Å². The van der Waals surface area contributed by atoms with Gasteiger partial charge in [-0.2, -0.15) is 13.2 Å². The minimum Gasteiger partial charge on any atom is -0.309 e. The lowest BCUT2D eigenvalue weighted by Gasteiger charge is -2.23. The summed E-state index contributed by atoms with van der Waals surface area (Å²) in [6.07, 6.45) is -3.12. The highest BCUT2D eigenvalue weighted by Crippen LogP contribution is 2.52. The van der Waals surface area contributed by atoms with Crippen molar-refractivity contribution in [2.75, 3.05) is 4.90 Å². The Morgan fingerprint density at radius 2 is 1.76 bits per heavy atom. The first-order chi connectivity index (χ1) is 11.9. The lowest BCUT2D eigenvalue weighted by molar-refractivity contribution is -0.138. The molecule has 5 heteroatoms. The molecule has 1 saturated carbocycles. The number of carbonyl (C=O) groups excluding carboxylic acids is 1. The molecule has 0 saturated heterocycles. The van der Waals surface area contributed by atoms with Gasteiger partial charge in [0.25, 0.3) is 0 Å². The molecular formula is C20H18F3NO. The number of benzene rings is 2. The largest absolute Gasteiger partial charge is 0.416 e. The van der Waals surface area contributed by atoms with Crippen LogP contribution in [0, 0.1) is 5.92 Å². The fourth-order valence-electron chi connectivity index (χ4n) is 3.97. The molecule has 1 aliphatic heterocycles. The SMILES string of the molecule is CC1Cc2ccccc2N1C(=O)C1CC1c1ccccc1C(F)(F)F. The van der Waals surface area contributed by atoms with Crippen molar-refractivity contribution in [2.24, 2.45) is 5.92 Å². The van der Waals surface area contributed by atoms with Gasteiger partial charge in [-0.25, -0.2) is 0 Å². The van der Waals surface area contributed by atoms with Crippen molar-refractivity contribution in [3.05, 3.63) is 65.2 Å². The van der Waals surface area contributed by atoms with Gasteiger partial charge in [0.05, 0.1) is 5.56 Å². The summed E-state index contributed by atoms with van der Waals surface area (Å²) >= 11 is 0. The van der Waals surface area contributed by atoms with Gasteiger partial charge in [-0.3, -0.25) is 4.79 Å². The van der Waals surface area contributed by atoms with Crippen LogP contribution in [0.1, 0.15) is 36.0 Å². The first-order valence-corrected chi connectivity index (χ1v) is 8.45. The number of hydrogen-bond acceptors (Lipinski definition) is 1. The average Bonchev–Trinajstić information content (AvgIpc) is 3.29. The number of alkyl halides is 3. The molecule has 1 fully saturated rings. The van der Waals surface area contributed by atoms with E-state index in [0.717, 1.165) is 23.7 Å². The molecule has 4 rings (SSSR count). The summed E-state index contributed by atoms with van der Waals surface area (Å²) in [5.74, 6) is -0.762. The Bertz CT molecular complexity index is 830. The van der Waals surface area contributed by atoms with Crippen LogP contribution in [0.25, 0.3) is 0 Å². The van der Waals surface area contributed by atoms with Crippen molar-refractivity contribution in [1.82, 2.24) is 0 Å².